The van der Waals surface area contributed by atoms with Crippen LogP contribution >= 0.6 is 0 Å². The van der Waals surface area contributed by atoms with E-state index >= 15 is 0 Å². The van der Waals surface area contributed by atoms with Gasteiger partial charge in [0, 0.05) is 24.8 Å². The minimum Gasteiger partial charge on any atom is -0.463 e. The van der Waals surface area contributed by atoms with Crippen molar-refractivity contribution in [3.63, 3.8) is 0 Å². The lowest BCUT2D eigenvalue weighted by Crippen LogP contribution is -2.50. The normalized spacial score (nSPS) is 18.2. The average molecular weight is 264 g/mol. The van der Waals surface area contributed by atoms with Crippen LogP contribution < -0.4 is 10.2 Å². The molecule has 104 valence electrons. The second-order valence-electron chi connectivity index (χ2n) is 5.03. The number of nitrogens with zero attached hydrogens (tertiary/aromatic N) is 3. The molecule has 19 heavy (non-hydrogen) atoms. The molecule has 0 bridgehead atoms. The van der Waals surface area contributed by atoms with Crippen LogP contribution in [0.1, 0.15) is 30.4 Å². The summed E-state index contributed by atoms with van der Waals surface area (Å²) in [5, 5.41) is 3.36. The first-order valence-corrected chi connectivity index (χ1v) is 6.43. The third kappa shape index (κ3) is 3.01. The van der Waals surface area contributed by atoms with Gasteiger partial charge in [-0.3, -0.25) is 0 Å². The predicted molar refractivity (Wildman–Crippen MR) is 72.3 cm³/mol. The first-order chi connectivity index (χ1) is 9.08. The van der Waals surface area contributed by atoms with E-state index in [1.165, 1.54) is 7.11 Å². The van der Waals surface area contributed by atoms with E-state index in [1.807, 2.05) is 13.1 Å². The molecule has 1 aromatic rings. The van der Waals surface area contributed by atoms with E-state index < -0.39 is 5.97 Å². The third-order valence-corrected chi connectivity index (χ3v) is 3.80. The Kier molecular flexibility index (Phi) is 3.99. The lowest BCUT2D eigenvalue weighted by atomic mass is 9.90. The Morgan fingerprint density at radius 3 is 2.74 bits per heavy atom. The van der Waals surface area contributed by atoms with Gasteiger partial charge in [-0.25, -0.2) is 14.8 Å². The van der Waals surface area contributed by atoms with Crippen molar-refractivity contribution in [2.24, 2.45) is 0 Å². The number of carbonyl (C=O) groups excluding carboxylic acids is 1. The van der Waals surface area contributed by atoms with Crippen molar-refractivity contribution in [1.82, 2.24) is 15.3 Å². The molecular formula is C13H20N4O2. The van der Waals surface area contributed by atoms with Crippen LogP contribution in [0.25, 0.3) is 0 Å². The second-order valence-corrected chi connectivity index (χ2v) is 5.03. The largest absolute Gasteiger partial charge is 0.463 e. The summed E-state index contributed by atoms with van der Waals surface area (Å²) in [6.07, 6.45) is 3.68. The van der Waals surface area contributed by atoms with Crippen LogP contribution in [0.4, 0.5) is 5.82 Å². The molecule has 6 heteroatoms. The SMILES string of the molecule is CNC1(C)CCN(c2ccnc(C(=O)OC)n2)CC1. The molecule has 1 fully saturated rings. The number of nitrogens with one attached hydrogen (secondary N) is 1. The highest BCUT2D eigenvalue weighted by Gasteiger charge is 2.29. The van der Waals surface area contributed by atoms with Crippen molar-refractivity contribution in [1.29, 1.82) is 0 Å². The molecule has 1 saturated heterocycles. The van der Waals surface area contributed by atoms with Gasteiger partial charge in [0.05, 0.1) is 7.11 Å². The van der Waals surface area contributed by atoms with Gasteiger partial charge in [-0.15, -0.1) is 0 Å². The molecule has 0 atom stereocenters. The fourth-order valence-electron chi connectivity index (χ4n) is 2.19. The molecule has 0 spiro atoms. The molecule has 0 aromatic carbocycles. The van der Waals surface area contributed by atoms with Crippen molar-refractivity contribution in [2.45, 2.75) is 25.3 Å². The Hall–Kier alpha value is -1.69. The molecule has 0 amide bonds. The fourth-order valence-corrected chi connectivity index (χ4v) is 2.19. The van der Waals surface area contributed by atoms with Crippen LogP contribution in [0.15, 0.2) is 12.3 Å². The van der Waals surface area contributed by atoms with Gasteiger partial charge in [0.1, 0.15) is 5.82 Å². The summed E-state index contributed by atoms with van der Waals surface area (Å²) in [6.45, 7) is 4.05. The van der Waals surface area contributed by atoms with E-state index in [4.69, 9.17) is 0 Å². The van der Waals surface area contributed by atoms with Crippen LogP contribution in [0.3, 0.4) is 0 Å². The standard InChI is InChI=1S/C13H20N4O2/c1-13(14-2)5-8-17(9-6-13)10-4-7-15-11(16-10)12(18)19-3/h4,7,14H,5-6,8-9H2,1-3H3. The van der Waals surface area contributed by atoms with E-state index in [0.717, 1.165) is 31.7 Å². The number of piperidine rings is 1. The summed E-state index contributed by atoms with van der Waals surface area (Å²) in [6, 6.07) is 1.83. The zero-order chi connectivity index (χ0) is 13.9. The summed E-state index contributed by atoms with van der Waals surface area (Å²) < 4.78 is 4.64. The number of ether oxygens (including phenoxy) is 1. The van der Waals surface area contributed by atoms with Crippen LogP contribution in [0, 0.1) is 0 Å². The fraction of sp³-hybridized carbons (Fsp3) is 0.615. The Bertz CT molecular complexity index is 456. The highest BCUT2D eigenvalue weighted by atomic mass is 16.5. The van der Waals surface area contributed by atoms with Gasteiger partial charge in [0.2, 0.25) is 5.82 Å². The molecule has 2 rings (SSSR count). The number of anilines is 1. The van der Waals surface area contributed by atoms with E-state index in [-0.39, 0.29) is 11.4 Å². The van der Waals surface area contributed by atoms with Crippen LogP contribution in [-0.4, -0.2) is 48.7 Å². The Morgan fingerprint density at radius 2 is 2.16 bits per heavy atom. The van der Waals surface area contributed by atoms with E-state index in [0.29, 0.717) is 0 Å². The molecule has 0 radical (unpaired) electrons. The van der Waals surface area contributed by atoms with E-state index in [1.54, 1.807) is 6.20 Å². The molecule has 2 heterocycles. The predicted octanol–water partition coefficient (Wildman–Crippen LogP) is 0.841. The highest BCUT2D eigenvalue weighted by Crippen LogP contribution is 2.24. The monoisotopic (exact) mass is 264 g/mol. The number of rotatable bonds is 3. The average Bonchev–Trinajstić information content (AvgIpc) is 2.47. The van der Waals surface area contributed by atoms with E-state index in [9.17, 15) is 4.79 Å². The summed E-state index contributed by atoms with van der Waals surface area (Å²) in [4.78, 5) is 21.8. The maximum Gasteiger partial charge on any atom is 0.376 e. The van der Waals surface area contributed by atoms with Crippen molar-refractivity contribution in [3.8, 4) is 0 Å². The minimum absolute atomic E-state index is 0.113. The summed E-state index contributed by atoms with van der Waals surface area (Å²) >= 11 is 0. The highest BCUT2D eigenvalue weighted by molar-refractivity contribution is 5.85. The van der Waals surface area contributed by atoms with Crippen molar-refractivity contribution in [2.75, 3.05) is 32.1 Å². The second kappa shape index (κ2) is 5.52. The summed E-state index contributed by atoms with van der Waals surface area (Å²) in [5.74, 6) is 0.398. The van der Waals surface area contributed by atoms with Gasteiger partial charge in [-0.2, -0.15) is 0 Å². The Balaban J connectivity index is 2.09. The molecule has 0 saturated carbocycles. The van der Waals surface area contributed by atoms with Crippen molar-refractivity contribution in [3.05, 3.63) is 18.1 Å². The van der Waals surface area contributed by atoms with Crippen molar-refractivity contribution >= 4 is 11.8 Å². The topological polar surface area (TPSA) is 67.4 Å². The first kappa shape index (κ1) is 13.7. The molecule has 1 N–H and O–H groups in total. The summed E-state index contributed by atoms with van der Waals surface area (Å²) in [5.41, 5.74) is 0.189. The van der Waals surface area contributed by atoms with Gasteiger partial charge in [-0.05, 0) is 32.9 Å². The molecule has 6 nitrogen and oxygen atoms in total. The smallest absolute Gasteiger partial charge is 0.376 e. The number of hydrogen-bond acceptors (Lipinski definition) is 6. The number of aromatic nitrogens is 2. The number of hydrogen-bond donors (Lipinski definition) is 1. The zero-order valence-electron chi connectivity index (χ0n) is 11.6. The Morgan fingerprint density at radius 1 is 1.47 bits per heavy atom. The van der Waals surface area contributed by atoms with Crippen molar-refractivity contribution < 1.29 is 9.53 Å². The summed E-state index contributed by atoms with van der Waals surface area (Å²) in [7, 11) is 3.33. The van der Waals surface area contributed by atoms with Crippen LogP contribution in [0.5, 0.6) is 0 Å². The third-order valence-electron chi connectivity index (χ3n) is 3.80. The lowest BCUT2D eigenvalue weighted by Gasteiger charge is -2.39. The molecular weight excluding hydrogens is 244 g/mol. The zero-order valence-corrected chi connectivity index (χ0v) is 11.6. The lowest BCUT2D eigenvalue weighted by molar-refractivity contribution is 0.0586. The van der Waals surface area contributed by atoms with E-state index in [2.05, 4.69) is 31.8 Å². The van der Waals surface area contributed by atoms with Gasteiger partial charge in [0.15, 0.2) is 0 Å². The van der Waals surface area contributed by atoms with Gasteiger partial charge < -0.3 is 15.0 Å². The quantitative estimate of drug-likeness (QED) is 0.816. The molecule has 0 aliphatic carbocycles. The van der Waals surface area contributed by atoms with Crippen LogP contribution in [0.2, 0.25) is 0 Å². The maximum absolute atomic E-state index is 11.4. The van der Waals surface area contributed by atoms with Gasteiger partial charge in [-0.1, -0.05) is 0 Å². The van der Waals surface area contributed by atoms with Gasteiger partial charge >= 0.3 is 5.97 Å². The Labute approximate surface area is 113 Å². The van der Waals surface area contributed by atoms with Crippen LogP contribution in [-0.2, 0) is 4.74 Å². The molecule has 0 unspecified atom stereocenters. The number of methoxy groups -OCH3 is 1. The van der Waals surface area contributed by atoms with Gasteiger partial charge in [0.25, 0.3) is 0 Å². The first-order valence-electron chi connectivity index (χ1n) is 6.43. The number of esters is 1. The maximum atomic E-state index is 11.4. The minimum atomic E-state index is -0.501. The molecule has 1 aliphatic heterocycles. The number of carbonyl (C=O) groups is 1. The molecule has 1 aliphatic rings. The molecule has 1 aromatic heterocycles.